The van der Waals surface area contributed by atoms with Crippen LogP contribution < -0.4 is 5.32 Å². The maximum Gasteiger partial charge on any atom is 0.147 e. The molecule has 2 aromatic rings. The van der Waals surface area contributed by atoms with Gasteiger partial charge in [-0.3, -0.25) is 0 Å². The van der Waals surface area contributed by atoms with E-state index in [1.165, 1.54) is 17.2 Å². The van der Waals surface area contributed by atoms with Crippen LogP contribution in [0.1, 0.15) is 42.9 Å². The van der Waals surface area contributed by atoms with Crippen molar-refractivity contribution in [2.75, 3.05) is 5.32 Å². The van der Waals surface area contributed by atoms with E-state index in [0.29, 0.717) is 11.6 Å². The lowest BCUT2D eigenvalue weighted by atomic mass is 9.81. The second-order valence-electron chi connectivity index (χ2n) is 5.40. The van der Waals surface area contributed by atoms with Crippen molar-refractivity contribution >= 4 is 21.6 Å². The van der Waals surface area contributed by atoms with E-state index in [1.807, 2.05) is 6.07 Å². The molecule has 3 heteroatoms. The summed E-state index contributed by atoms with van der Waals surface area (Å²) < 4.78 is 14.7. The number of nitrogens with one attached hydrogen (secondary N) is 1. The molecule has 0 amide bonds. The molecule has 3 rings (SSSR count). The van der Waals surface area contributed by atoms with Crippen LogP contribution in [0.3, 0.4) is 0 Å². The van der Waals surface area contributed by atoms with E-state index in [-0.39, 0.29) is 11.9 Å². The Hall–Kier alpha value is -1.35. The van der Waals surface area contributed by atoms with Gasteiger partial charge in [0.25, 0.3) is 0 Å². The van der Waals surface area contributed by atoms with E-state index < -0.39 is 0 Å². The fourth-order valence-electron chi connectivity index (χ4n) is 2.96. The zero-order valence-corrected chi connectivity index (χ0v) is 13.0. The van der Waals surface area contributed by atoms with Crippen LogP contribution in [0.15, 0.2) is 46.9 Å². The minimum Gasteiger partial charge on any atom is -0.375 e. The average molecular weight is 334 g/mol. The van der Waals surface area contributed by atoms with Crippen molar-refractivity contribution in [2.45, 2.75) is 31.7 Å². The highest BCUT2D eigenvalue weighted by molar-refractivity contribution is 9.10. The summed E-state index contributed by atoms with van der Waals surface area (Å²) in [5.41, 5.74) is 3.23. The van der Waals surface area contributed by atoms with E-state index in [0.717, 1.165) is 17.3 Å². The van der Waals surface area contributed by atoms with Crippen LogP contribution in [0, 0.1) is 5.82 Å². The summed E-state index contributed by atoms with van der Waals surface area (Å²) in [6, 6.07) is 13.7. The molecule has 20 heavy (non-hydrogen) atoms. The SMILES string of the molecule is CC1CCC(Nc2c(F)cccc2Br)c2ccccc21. The van der Waals surface area contributed by atoms with Gasteiger partial charge in [0.2, 0.25) is 0 Å². The topological polar surface area (TPSA) is 12.0 Å². The number of anilines is 1. The van der Waals surface area contributed by atoms with Gasteiger partial charge < -0.3 is 5.32 Å². The summed E-state index contributed by atoms with van der Waals surface area (Å²) >= 11 is 3.42. The molecule has 0 radical (unpaired) electrons. The smallest absolute Gasteiger partial charge is 0.147 e. The van der Waals surface area contributed by atoms with Gasteiger partial charge in [0.15, 0.2) is 0 Å². The van der Waals surface area contributed by atoms with E-state index in [1.54, 1.807) is 6.07 Å². The van der Waals surface area contributed by atoms with Crippen LogP contribution in [-0.4, -0.2) is 0 Å². The molecule has 0 saturated carbocycles. The monoisotopic (exact) mass is 333 g/mol. The molecule has 1 N–H and O–H groups in total. The van der Waals surface area contributed by atoms with Crippen molar-refractivity contribution in [3.8, 4) is 0 Å². The Labute approximate surface area is 127 Å². The Morgan fingerprint density at radius 2 is 1.80 bits per heavy atom. The Bertz CT molecular complexity index is 606. The van der Waals surface area contributed by atoms with Gasteiger partial charge in [-0.2, -0.15) is 0 Å². The van der Waals surface area contributed by atoms with Crippen LogP contribution >= 0.6 is 15.9 Å². The first-order valence-corrected chi connectivity index (χ1v) is 7.75. The fourth-order valence-corrected chi connectivity index (χ4v) is 3.42. The molecule has 0 fully saturated rings. The molecule has 0 aliphatic heterocycles. The van der Waals surface area contributed by atoms with Crippen molar-refractivity contribution in [1.29, 1.82) is 0 Å². The molecule has 0 saturated heterocycles. The maximum atomic E-state index is 14.0. The normalized spacial score (nSPS) is 21.4. The number of hydrogen-bond acceptors (Lipinski definition) is 1. The van der Waals surface area contributed by atoms with Gasteiger partial charge in [-0.25, -0.2) is 4.39 Å². The molecule has 0 spiro atoms. The number of fused-ring (bicyclic) bond motifs is 1. The molecular weight excluding hydrogens is 317 g/mol. The lowest BCUT2D eigenvalue weighted by molar-refractivity contribution is 0.530. The molecule has 1 aliphatic carbocycles. The standard InChI is InChI=1S/C17H17BrFN/c1-11-9-10-16(13-6-3-2-5-12(11)13)20-17-14(18)7-4-8-15(17)19/h2-8,11,16,20H,9-10H2,1H3. The Kier molecular flexibility index (Phi) is 3.79. The molecule has 0 bridgehead atoms. The van der Waals surface area contributed by atoms with Crippen LogP contribution in [0.4, 0.5) is 10.1 Å². The highest BCUT2D eigenvalue weighted by atomic mass is 79.9. The summed E-state index contributed by atoms with van der Waals surface area (Å²) in [5, 5.41) is 3.37. The van der Waals surface area contributed by atoms with Crippen LogP contribution in [0.5, 0.6) is 0 Å². The molecule has 2 atom stereocenters. The fraction of sp³-hybridized carbons (Fsp3) is 0.294. The Balaban J connectivity index is 1.95. The van der Waals surface area contributed by atoms with Gasteiger partial charge in [-0.15, -0.1) is 0 Å². The number of benzene rings is 2. The number of hydrogen-bond donors (Lipinski definition) is 1. The summed E-state index contributed by atoms with van der Waals surface area (Å²) in [4.78, 5) is 0. The van der Waals surface area contributed by atoms with Gasteiger partial charge >= 0.3 is 0 Å². The average Bonchev–Trinajstić information content (AvgIpc) is 2.46. The van der Waals surface area contributed by atoms with Gasteiger partial charge in [-0.05, 0) is 57.9 Å². The summed E-state index contributed by atoms with van der Waals surface area (Å²) in [5.74, 6) is 0.365. The van der Waals surface area contributed by atoms with Gasteiger partial charge in [0.05, 0.1) is 11.7 Å². The minimum atomic E-state index is -0.213. The van der Waals surface area contributed by atoms with Crippen molar-refractivity contribution < 1.29 is 4.39 Å². The highest BCUT2D eigenvalue weighted by Crippen LogP contribution is 2.40. The van der Waals surface area contributed by atoms with E-state index >= 15 is 0 Å². The lowest BCUT2D eigenvalue weighted by Crippen LogP contribution is -2.19. The molecule has 104 valence electrons. The number of rotatable bonds is 2. The van der Waals surface area contributed by atoms with Gasteiger partial charge in [0, 0.05) is 4.47 Å². The Morgan fingerprint density at radius 3 is 2.55 bits per heavy atom. The predicted octanol–water partition coefficient (Wildman–Crippen LogP) is 5.64. The van der Waals surface area contributed by atoms with Crippen molar-refractivity contribution in [1.82, 2.24) is 0 Å². The minimum absolute atomic E-state index is 0.176. The highest BCUT2D eigenvalue weighted by Gasteiger charge is 2.25. The first-order valence-electron chi connectivity index (χ1n) is 6.96. The van der Waals surface area contributed by atoms with Crippen molar-refractivity contribution in [2.24, 2.45) is 0 Å². The van der Waals surface area contributed by atoms with Crippen LogP contribution in [-0.2, 0) is 0 Å². The summed E-state index contributed by atoms with van der Waals surface area (Å²) in [6.45, 7) is 2.26. The molecule has 1 nitrogen and oxygen atoms in total. The molecule has 2 unspecified atom stereocenters. The molecule has 0 heterocycles. The van der Waals surface area contributed by atoms with Crippen molar-refractivity contribution in [3.05, 3.63) is 63.9 Å². The zero-order chi connectivity index (χ0) is 14.1. The second-order valence-corrected chi connectivity index (χ2v) is 6.26. The molecule has 0 aromatic heterocycles. The van der Waals surface area contributed by atoms with Gasteiger partial charge in [0.1, 0.15) is 5.82 Å². The largest absolute Gasteiger partial charge is 0.375 e. The maximum absolute atomic E-state index is 14.0. The van der Waals surface area contributed by atoms with Gasteiger partial charge in [-0.1, -0.05) is 37.3 Å². The lowest BCUT2D eigenvalue weighted by Gasteiger charge is -2.31. The van der Waals surface area contributed by atoms with E-state index in [4.69, 9.17) is 0 Å². The van der Waals surface area contributed by atoms with E-state index in [2.05, 4.69) is 52.4 Å². The van der Waals surface area contributed by atoms with Crippen molar-refractivity contribution in [3.63, 3.8) is 0 Å². The number of halogens is 2. The first kappa shape index (κ1) is 13.6. The third-order valence-electron chi connectivity index (χ3n) is 4.07. The molecule has 1 aliphatic rings. The third-order valence-corrected chi connectivity index (χ3v) is 4.73. The summed E-state index contributed by atoms with van der Waals surface area (Å²) in [6.07, 6.45) is 2.15. The predicted molar refractivity (Wildman–Crippen MR) is 84.6 cm³/mol. The quantitative estimate of drug-likeness (QED) is 0.749. The third kappa shape index (κ3) is 2.47. The molecular formula is C17H17BrFN. The van der Waals surface area contributed by atoms with E-state index in [9.17, 15) is 4.39 Å². The molecule has 2 aromatic carbocycles. The van der Waals surface area contributed by atoms with Crippen LogP contribution in [0.2, 0.25) is 0 Å². The van der Waals surface area contributed by atoms with Crippen LogP contribution in [0.25, 0.3) is 0 Å². The first-order chi connectivity index (χ1) is 9.66. The number of para-hydroxylation sites is 1. The zero-order valence-electron chi connectivity index (χ0n) is 11.4. The summed E-state index contributed by atoms with van der Waals surface area (Å²) in [7, 11) is 0. The second kappa shape index (κ2) is 5.57. The Morgan fingerprint density at radius 1 is 1.05 bits per heavy atom.